The first-order valence-corrected chi connectivity index (χ1v) is 11.9. The smallest absolute Gasteiger partial charge is 0.452 e. The van der Waals surface area contributed by atoms with E-state index in [4.69, 9.17) is 9.16 Å². The summed E-state index contributed by atoms with van der Waals surface area (Å²) in [5, 5.41) is 6.76. The first-order valence-electron chi connectivity index (χ1n) is 9.41. The molecule has 146 valence electrons. The fourth-order valence-electron chi connectivity index (χ4n) is 3.23. The number of hydrogen-bond acceptors (Lipinski definition) is 4. The van der Waals surface area contributed by atoms with E-state index < -0.39 is 20.5 Å². The van der Waals surface area contributed by atoms with E-state index in [1.807, 2.05) is 6.92 Å². The van der Waals surface area contributed by atoms with Crippen LogP contribution in [0.3, 0.4) is 0 Å². The fraction of sp³-hybridized carbons (Fsp3) is 0.889. The highest BCUT2D eigenvalue weighted by Crippen LogP contribution is 2.33. The lowest BCUT2D eigenvalue weighted by Crippen LogP contribution is -2.43. The van der Waals surface area contributed by atoms with Crippen molar-refractivity contribution in [2.45, 2.75) is 79.4 Å². The van der Waals surface area contributed by atoms with Crippen LogP contribution in [0.1, 0.15) is 61.3 Å². The van der Waals surface area contributed by atoms with Crippen molar-refractivity contribution in [3.05, 3.63) is 0 Å². The molecule has 0 atom stereocenters. The molecule has 0 heterocycles. The van der Waals surface area contributed by atoms with Gasteiger partial charge in [-0.1, -0.05) is 65.1 Å². The van der Waals surface area contributed by atoms with E-state index in [1.165, 1.54) is 0 Å². The van der Waals surface area contributed by atoms with Gasteiger partial charge in [0.25, 0.3) is 8.32 Å². The van der Waals surface area contributed by atoms with Crippen molar-refractivity contribution in [2.24, 2.45) is 28.0 Å². The van der Waals surface area contributed by atoms with Crippen molar-refractivity contribution in [2.75, 3.05) is 6.61 Å². The van der Waals surface area contributed by atoms with Crippen molar-refractivity contribution in [1.82, 2.24) is 0 Å². The Bertz CT molecular complexity index is 410. The highest BCUT2D eigenvalue weighted by Gasteiger charge is 2.40. The molecular formula is C18H36N2O4Si. The molecule has 0 aliphatic rings. The zero-order valence-corrected chi connectivity index (χ0v) is 18.0. The minimum atomic E-state index is -2.31. The third kappa shape index (κ3) is 11.9. The quantitative estimate of drug-likeness (QED) is 0.251. The van der Waals surface area contributed by atoms with Crippen LogP contribution in [0, 0.1) is 17.8 Å². The van der Waals surface area contributed by atoms with Crippen molar-refractivity contribution in [3.8, 4) is 0 Å². The molecule has 0 aliphatic heterocycles. The number of ether oxygens (including phenoxy) is 1. The Morgan fingerprint density at radius 2 is 1.28 bits per heavy atom. The number of carbonyl (C=O) groups excluding carboxylic acids is 2. The molecular weight excluding hydrogens is 336 g/mol. The molecule has 6 nitrogen and oxygen atoms in total. The summed E-state index contributed by atoms with van der Waals surface area (Å²) in [7, 11) is -2.31. The van der Waals surface area contributed by atoms with Gasteiger partial charge in [0.15, 0.2) is 0 Å². The zero-order chi connectivity index (χ0) is 19.5. The maximum atomic E-state index is 12.2. The number of hydrogen-bond donors (Lipinski definition) is 0. The summed E-state index contributed by atoms with van der Waals surface area (Å²) >= 11 is 0. The van der Waals surface area contributed by atoms with Crippen LogP contribution in [0.5, 0.6) is 0 Å². The van der Waals surface area contributed by atoms with Gasteiger partial charge >= 0.3 is 12.2 Å². The minimum absolute atomic E-state index is 0.288. The van der Waals surface area contributed by atoms with E-state index in [0.717, 1.165) is 31.0 Å². The van der Waals surface area contributed by atoms with Crippen LogP contribution >= 0.6 is 0 Å². The van der Waals surface area contributed by atoms with Crippen LogP contribution < -0.4 is 0 Å². The predicted molar refractivity (Wildman–Crippen MR) is 102 cm³/mol. The minimum Gasteiger partial charge on any atom is -0.501 e. The third-order valence-electron chi connectivity index (χ3n) is 3.58. The lowest BCUT2D eigenvalue weighted by atomic mass is 10.2. The topological polar surface area (TPSA) is 77.3 Å². The molecule has 0 fully saturated rings. The molecule has 7 heteroatoms. The van der Waals surface area contributed by atoms with Crippen LogP contribution in [0.25, 0.3) is 0 Å². The standard InChI is InChI=1S/C18H36N2O4Si/c1-8-9-10-23-17(21)19-20-18(22)24-25(11-14(2)3,12-15(4)5)13-16(6)7/h14-16H,8-13H2,1-7H3/b20-19+. The highest BCUT2D eigenvalue weighted by molar-refractivity contribution is 6.75. The van der Waals surface area contributed by atoms with Gasteiger partial charge in [0.2, 0.25) is 0 Å². The Balaban J connectivity index is 5.01. The molecule has 0 N–H and O–H groups in total. The molecule has 0 aromatic heterocycles. The number of azo groups is 1. The Labute approximate surface area is 153 Å². The Morgan fingerprint density at radius 3 is 1.68 bits per heavy atom. The summed E-state index contributed by atoms with van der Waals surface area (Å²) in [6.45, 7) is 15.1. The molecule has 0 radical (unpaired) electrons. The normalized spacial score (nSPS) is 12.4. The van der Waals surface area contributed by atoms with E-state index in [9.17, 15) is 9.59 Å². The lowest BCUT2D eigenvalue weighted by molar-refractivity contribution is 0.152. The predicted octanol–water partition coefficient (Wildman–Crippen LogP) is 6.43. The number of carbonyl (C=O) groups is 2. The van der Waals surface area contributed by atoms with Gasteiger partial charge in [0, 0.05) is 0 Å². The molecule has 25 heavy (non-hydrogen) atoms. The average molecular weight is 373 g/mol. The van der Waals surface area contributed by atoms with Crippen LogP contribution in [0.15, 0.2) is 10.2 Å². The van der Waals surface area contributed by atoms with Gasteiger partial charge < -0.3 is 9.16 Å². The number of rotatable bonds is 10. The van der Waals surface area contributed by atoms with Crippen molar-refractivity contribution >= 4 is 20.5 Å². The number of unbranched alkanes of at least 4 members (excludes halogenated alkanes) is 1. The Morgan fingerprint density at radius 1 is 0.840 bits per heavy atom. The second kappa shape index (κ2) is 12.2. The van der Waals surface area contributed by atoms with Crippen molar-refractivity contribution in [1.29, 1.82) is 0 Å². The van der Waals surface area contributed by atoms with Gasteiger partial charge in [0.1, 0.15) is 0 Å². The highest BCUT2D eigenvalue weighted by atomic mass is 28.4. The van der Waals surface area contributed by atoms with Crippen molar-refractivity contribution < 1.29 is 18.8 Å². The summed E-state index contributed by atoms with van der Waals surface area (Å²) in [6.07, 6.45) is 0.0781. The number of nitrogens with zero attached hydrogens (tertiary/aromatic N) is 2. The molecule has 0 unspecified atom stereocenters. The largest absolute Gasteiger partial charge is 0.501 e. The molecule has 0 spiro atoms. The second-order valence-electron chi connectivity index (χ2n) is 8.01. The van der Waals surface area contributed by atoms with Gasteiger partial charge in [-0.3, -0.25) is 0 Å². The van der Waals surface area contributed by atoms with Crippen LogP contribution in [0.2, 0.25) is 18.1 Å². The molecule has 0 saturated heterocycles. The summed E-state index contributed by atoms with van der Waals surface area (Å²) < 4.78 is 10.7. The summed E-state index contributed by atoms with van der Waals surface area (Å²) in [4.78, 5) is 23.6. The van der Waals surface area contributed by atoms with Gasteiger partial charge in [-0.05, 0) is 42.3 Å². The third-order valence-corrected chi connectivity index (χ3v) is 8.87. The van der Waals surface area contributed by atoms with Gasteiger partial charge in [-0.25, -0.2) is 9.59 Å². The van der Waals surface area contributed by atoms with Crippen LogP contribution in [-0.2, 0) is 9.16 Å². The van der Waals surface area contributed by atoms with E-state index in [1.54, 1.807) is 0 Å². The molecule has 0 aromatic rings. The molecule has 0 aliphatic carbocycles. The van der Waals surface area contributed by atoms with Crippen LogP contribution in [0.4, 0.5) is 9.59 Å². The summed E-state index contributed by atoms with van der Waals surface area (Å²) in [5.74, 6) is 1.31. The molecule has 0 bridgehead atoms. The Kier molecular flexibility index (Phi) is 11.6. The maximum Gasteiger partial charge on any atom is 0.452 e. The van der Waals surface area contributed by atoms with E-state index in [0.29, 0.717) is 17.8 Å². The summed E-state index contributed by atoms with van der Waals surface area (Å²) in [6, 6.07) is 2.68. The fourth-order valence-corrected chi connectivity index (χ4v) is 8.85. The Hall–Kier alpha value is -1.24. The van der Waals surface area contributed by atoms with E-state index in [-0.39, 0.29) is 6.61 Å². The van der Waals surface area contributed by atoms with Gasteiger partial charge in [-0.15, -0.1) is 0 Å². The number of amides is 2. The lowest BCUT2D eigenvalue weighted by Gasteiger charge is -2.34. The molecule has 0 rings (SSSR count). The monoisotopic (exact) mass is 372 g/mol. The van der Waals surface area contributed by atoms with Gasteiger partial charge in [0.05, 0.1) is 6.61 Å². The van der Waals surface area contributed by atoms with E-state index in [2.05, 4.69) is 51.8 Å². The molecule has 0 aromatic carbocycles. The zero-order valence-electron chi connectivity index (χ0n) is 17.0. The summed E-state index contributed by atoms with van der Waals surface area (Å²) in [5.41, 5.74) is 0. The first kappa shape index (κ1) is 23.8. The van der Waals surface area contributed by atoms with E-state index >= 15 is 0 Å². The second-order valence-corrected chi connectivity index (χ2v) is 11.8. The van der Waals surface area contributed by atoms with Crippen molar-refractivity contribution in [3.63, 3.8) is 0 Å². The average Bonchev–Trinajstić information content (AvgIpc) is 2.42. The maximum absolute atomic E-state index is 12.2. The SMILES string of the molecule is CCCCOC(=O)/N=N/C(=O)O[Si](CC(C)C)(CC(C)C)CC(C)C. The molecule has 0 saturated carbocycles. The van der Waals surface area contributed by atoms with Gasteiger partial charge in [-0.2, -0.15) is 0 Å². The van der Waals surface area contributed by atoms with Crippen LogP contribution in [-0.4, -0.2) is 27.1 Å². The molecule has 2 amide bonds. The first-order chi connectivity index (χ1) is 11.6.